The first kappa shape index (κ1) is 17.5. The summed E-state index contributed by atoms with van der Waals surface area (Å²) in [6.45, 7) is 11.3. The first-order valence-corrected chi connectivity index (χ1v) is 8.18. The van der Waals surface area contributed by atoms with Gasteiger partial charge in [-0.15, -0.1) is 0 Å². The minimum atomic E-state index is -0.0230. The summed E-state index contributed by atoms with van der Waals surface area (Å²) in [5.74, 6) is 0.779. The van der Waals surface area contributed by atoms with E-state index in [9.17, 15) is 9.59 Å². The molecule has 0 unspecified atom stereocenters. The highest BCUT2D eigenvalue weighted by Gasteiger charge is 2.29. The highest BCUT2D eigenvalue weighted by atomic mass is 16.5. The van der Waals surface area contributed by atoms with Crippen LogP contribution < -0.4 is 5.32 Å². The molecule has 0 spiro atoms. The van der Waals surface area contributed by atoms with Gasteiger partial charge in [-0.05, 0) is 13.8 Å². The number of amides is 2. The number of aromatic nitrogens is 1. The van der Waals surface area contributed by atoms with Gasteiger partial charge in [0.05, 0.1) is 12.2 Å². The maximum Gasteiger partial charge on any atom is 0.259 e. The van der Waals surface area contributed by atoms with Gasteiger partial charge in [-0.1, -0.05) is 19.0 Å². The van der Waals surface area contributed by atoms with E-state index in [2.05, 4.69) is 15.4 Å². The van der Waals surface area contributed by atoms with Crippen molar-refractivity contribution in [3.05, 3.63) is 17.0 Å². The Labute approximate surface area is 137 Å². The Morgan fingerprint density at radius 2 is 1.91 bits per heavy atom. The average Bonchev–Trinajstić information content (AvgIpc) is 2.89. The van der Waals surface area contributed by atoms with Crippen LogP contribution in [0.2, 0.25) is 0 Å². The van der Waals surface area contributed by atoms with E-state index in [1.165, 1.54) is 0 Å². The van der Waals surface area contributed by atoms with Gasteiger partial charge in [0.2, 0.25) is 5.91 Å². The molecule has 128 valence electrons. The van der Waals surface area contributed by atoms with Crippen molar-refractivity contribution in [3.8, 4) is 0 Å². The van der Waals surface area contributed by atoms with Crippen molar-refractivity contribution in [2.45, 2.75) is 33.6 Å². The van der Waals surface area contributed by atoms with E-state index in [0.29, 0.717) is 56.3 Å². The van der Waals surface area contributed by atoms with Crippen molar-refractivity contribution < 1.29 is 14.1 Å². The molecule has 1 aliphatic rings. The largest absolute Gasteiger partial charge is 0.360 e. The predicted octanol–water partition coefficient (Wildman–Crippen LogP) is 1.00. The Hall–Kier alpha value is -1.89. The van der Waals surface area contributed by atoms with Gasteiger partial charge in [-0.25, -0.2) is 0 Å². The minimum Gasteiger partial charge on any atom is -0.360 e. The lowest BCUT2D eigenvalue weighted by Crippen LogP contribution is -2.51. The maximum atomic E-state index is 12.8. The molecule has 2 amide bonds. The summed E-state index contributed by atoms with van der Waals surface area (Å²) in [4.78, 5) is 28.3. The molecule has 1 N–H and O–H groups in total. The Bertz CT molecular complexity index is 560. The van der Waals surface area contributed by atoms with Gasteiger partial charge in [0, 0.05) is 38.6 Å². The first-order valence-electron chi connectivity index (χ1n) is 8.18. The molecule has 0 atom stereocenters. The van der Waals surface area contributed by atoms with Gasteiger partial charge < -0.3 is 14.7 Å². The first-order chi connectivity index (χ1) is 10.9. The second-order valence-electron chi connectivity index (χ2n) is 6.18. The van der Waals surface area contributed by atoms with E-state index in [0.717, 1.165) is 0 Å². The molecule has 0 aromatic carbocycles. The number of nitrogens with zero attached hydrogens (tertiary/aromatic N) is 3. The number of aryl methyl sites for hydroxylation is 1. The highest BCUT2D eigenvalue weighted by molar-refractivity contribution is 5.96. The zero-order valence-corrected chi connectivity index (χ0v) is 14.4. The van der Waals surface area contributed by atoms with E-state index in [1.807, 2.05) is 25.7 Å². The van der Waals surface area contributed by atoms with Crippen LogP contribution in [-0.4, -0.2) is 66.0 Å². The molecular formula is C16H26N4O3. The van der Waals surface area contributed by atoms with Crippen molar-refractivity contribution in [2.75, 3.05) is 39.3 Å². The standard InChI is InChI=1S/C16H26N4O3/c1-5-17-13(21)10-19-6-8-20(9-7-19)16(22)14-12(4)18-23-15(14)11(2)3/h11H,5-10H2,1-4H3,(H,17,21). The number of hydrogen-bond donors (Lipinski definition) is 1. The number of likely N-dealkylation sites (N-methyl/N-ethyl adjacent to an activating group) is 1. The third-order valence-corrected chi connectivity index (χ3v) is 4.03. The molecule has 1 aromatic heterocycles. The molecular weight excluding hydrogens is 296 g/mol. The van der Waals surface area contributed by atoms with E-state index in [4.69, 9.17) is 4.52 Å². The van der Waals surface area contributed by atoms with Gasteiger partial charge >= 0.3 is 0 Å². The molecule has 7 heteroatoms. The van der Waals surface area contributed by atoms with Crippen LogP contribution in [-0.2, 0) is 4.79 Å². The summed E-state index contributed by atoms with van der Waals surface area (Å²) < 4.78 is 5.31. The van der Waals surface area contributed by atoms with Crippen LogP contribution >= 0.6 is 0 Å². The summed E-state index contributed by atoms with van der Waals surface area (Å²) >= 11 is 0. The fraction of sp³-hybridized carbons (Fsp3) is 0.688. The van der Waals surface area contributed by atoms with Crippen molar-refractivity contribution in [1.82, 2.24) is 20.3 Å². The zero-order valence-electron chi connectivity index (χ0n) is 14.4. The fourth-order valence-electron chi connectivity index (χ4n) is 2.76. The van der Waals surface area contributed by atoms with Crippen LogP contribution in [0.15, 0.2) is 4.52 Å². The monoisotopic (exact) mass is 322 g/mol. The van der Waals surface area contributed by atoms with Crippen LogP contribution in [0.1, 0.15) is 48.5 Å². The van der Waals surface area contributed by atoms with Crippen LogP contribution in [0.4, 0.5) is 0 Å². The highest BCUT2D eigenvalue weighted by Crippen LogP contribution is 2.24. The lowest BCUT2D eigenvalue weighted by molar-refractivity contribution is -0.122. The molecule has 0 bridgehead atoms. The van der Waals surface area contributed by atoms with Crippen LogP contribution in [0.25, 0.3) is 0 Å². The number of carbonyl (C=O) groups excluding carboxylic acids is 2. The fourth-order valence-corrected chi connectivity index (χ4v) is 2.76. The van der Waals surface area contributed by atoms with Crippen molar-refractivity contribution >= 4 is 11.8 Å². The van der Waals surface area contributed by atoms with Gasteiger partial charge in [0.1, 0.15) is 5.56 Å². The smallest absolute Gasteiger partial charge is 0.259 e. The Kier molecular flexibility index (Phi) is 5.76. The van der Waals surface area contributed by atoms with Gasteiger partial charge in [-0.3, -0.25) is 14.5 Å². The Morgan fingerprint density at radius 3 is 2.48 bits per heavy atom. The molecule has 0 radical (unpaired) electrons. The second kappa shape index (κ2) is 7.59. The molecule has 0 saturated carbocycles. The summed E-state index contributed by atoms with van der Waals surface area (Å²) in [6, 6.07) is 0. The number of nitrogens with one attached hydrogen (secondary N) is 1. The summed E-state index contributed by atoms with van der Waals surface area (Å²) in [5, 5.41) is 6.74. The second-order valence-corrected chi connectivity index (χ2v) is 6.18. The maximum absolute atomic E-state index is 12.8. The van der Waals surface area contributed by atoms with E-state index in [1.54, 1.807) is 6.92 Å². The molecule has 1 saturated heterocycles. The van der Waals surface area contributed by atoms with Crippen molar-refractivity contribution in [3.63, 3.8) is 0 Å². The van der Waals surface area contributed by atoms with Crippen molar-refractivity contribution in [2.24, 2.45) is 0 Å². The molecule has 23 heavy (non-hydrogen) atoms. The van der Waals surface area contributed by atoms with Gasteiger partial charge in [-0.2, -0.15) is 0 Å². The Morgan fingerprint density at radius 1 is 1.26 bits per heavy atom. The van der Waals surface area contributed by atoms with Gasteiger partial charge in [0.25, 0.3) is 5.91 Å². The van der Waals surface area contributed by atoms with E-state index < -0.39 is 0 Å². The lowest BCUT2D eigenvalue weighted by Gasteiger charge is -2.34. The number of piperazine rings is 1. The van der Waals surface area contributed by atoms with Crippen LogP contribution in [0.3, 0.4) is 0 Å². The van der Waals surface area contributed by atoms with Crippen LogP contribution in [0, 0.1) is 6.92 Å². The Balaban J connectivity index is 1.96. The molecule has 1 aliphatic heterocycles. The van der Waals surface area contributed by atoms with Crippen molar-refractivity contribution in [1.29, 1.82) is 0 Å². The molecule has 7 nitrogen and oxygen atoms in total. The number of hydrogen-bond acceptors (Lipinski definition) is 5. The number of carbonyl (C=O) groups is 2. The average molecular weight is 322 g/mol. The molecule has 2 heterocycles. The third kappa shape index (κ3) is 4.10. The van der Waals surface area contributed by atoms with E-state index >= 15 is 0 Å². The zero-order chi connectivity index (χ0) is 17.0. The van der Waals surface area contributed by atoms with E-state index in [-0.39, 0.29) is 17.7 Å². The normalized spacial score (nSPS) is 16.0. The van der Waals surface area contributed by atoms with Gasteiger partial charge in [0.15, 0.2) is 5.76 Å². The summed E-state index contributed by atoms with van der Waals surface area (Å²) in [5.41, 5.74) is 1.24. The summed E-state index contributed by atoms with van der Waals surface area (Å²) in [6.07, 6.45) is 0. The third-order valence-electron chi connectivity index (χ3n) is 4.03. The topological polar surface area (TPSA) is 78.7 Å². The predicted molar refractivity (Wildman–Crippen MR) is 86.4 cm³/mol. The molecule has 1 aromatic rings. The number of rotatable bonds is 5. The summed E-state index contributed by atoms with van der Waals surface area (Å²) in [7, 11) is 0. The van der Waals surface area contributed by atoms with Crippen LogP contribution in [0.5, 0.6) is 0 Å². The lowest BCUT2D eigenvalue weighted by atomic mass is 10.0. The molecule has 0 aliphatic carbocycles. The minimum absolute atomic E-state index is 0.0230. The quantitative estimate of drug-likeness (QED) is 0.875. The molecule has 2 rings (SSSR count). The molecule has 1 fully saturated rings. The SMILES string of the molecule is CCNC(=O)CN1CCN(C(=O)c2c(C)noc2C(C)C)CC1.